The Labute approximate surface area is 121 Å². The number of nitrogens with zero attached hydrogens (tertiary/aromatic N) is 1. The Hall–Kier alpha value is -1.13. The molecule has 3 nitrogen and oxygen atoms in total. The monoisotopic (exact) mass is 280 g/mol. The van der Waals surface area contributed by atoms with Crippen LogP contribution in [0, 0.1) is 5.41 Å². The Balaban J connectivity index is 2.41. The van der Waals surface area contributed by atoms with Crippen LogP contribution < -0.4 is 10.5 Å². The fourth-order valence-electron chi connectivity index (χ4n) is 1.95. The van der Waals surface area contributed by atoms with E-state index in [9.17, 15) is 0 Å². The Bertz CT molecular complexity index is 426. The highest BCUT2D eigenvalue weighted by molar-refractivity contribution is 7.80. The molecule has 0 fully saturated rings. The minimum Gasteiger partial charge on any atom is -0.492 e. The minimum absolute atomic E-state index is 0.306. The van der Waals surface area contributed by atoms with Crippen molar-refractivity contribution in [2.45, 2.75) is 20.8 Å². The van der Waals surface area contributed by atoms with Crippen LogP contribution in [0.5, 0.6) is 5.75 Å². The van der Waals surface area contributed by atoms with Crippen LogP contribution in [0.1, 0.15) is 26.3 Å². The predicted molar refractivity (Wildman–Crippen MR) is 84.8 cm³/mol. The van der Waals surface area contributed by atoms with E-state index < -0.39 is 0 Å². The quantitative estimate of drug-likeness (QED) is 0.813. The largest absolute Gasteiger partial charge is 0.492 e. The number of hydrogen-bond acceptors (Lipinski definition) is 3. The molecule has 1 rings (SSSR count). The SMILES string of the molecule is CN(CCOc1cccc(C(N)=S)c1)CC(C)(C)C. The molecule has 0 spiro atoms. The van der Waals surface area contributed by atoms with Crippen LogP contribution in [-0.4, -0.2) is 36.6 Å². The van der Waals surface area contributed by atoms with Crippen molar-refractivity contribution in [2.24, 2.45) is 11.1 Å². The van der Waals surface area contributed by atoms with Crippen molar-refractivity contribution in [1.82, 2.24) is 4.90 Å². The van der Waals surface area contributed by atoms with Gasteiger partial charge < -0.3 is 15.4 Å². The Morgan fingerprint density at radius 3 is 2.63 bits per heavy atom. The van der Waals surface area contributed by atoms with Gasteiger partial charge in [-0.15, -0.1) is 0 Å². The van der Waals surface area contributed by atoms with Gasteiger partial charge in [0.1, 0.15) is 17.3 Å². The van der Waals surface area contributed by atoms with Gasteiger partial charge in [-0.25, -0.2) is 0 Å². The summed E-state index contributed by atoms with van der Waals surface area (Å²) in [6.45, 7) is 9.30. The molecule has 0 saturated carbocycles. The van der Waals surface area contributed by atoms with E-state index in [2.05, 4.69) is 32.7 Å². The van der Waals surface area contributed by atoms with Crippen LogP contribution in [0.3, 0.4) is 0 Å². The van der Waals surface area contributed by atoms with E-state index in [1.807, 2.05) is 24.3 Å². The van der Waals surface area contributed by atoms with Crippen molar-refractivity contribution in [1.29, 1.82) is 0 Å². The van der Waals surface area contributed by atoms with E-state index in [0.717, 1.165) is 24.4 Å². The lowest BCUT2D eigenvalue weighted by atomic mass is 9.96. The molecule has 0 aliphatic rings. The smallest absolute Gasteiger partial charge is 0.120 e. The molecular formula is C15H24N2OS. The topological polar surface area (TPSA) is 38.5 Å². The zero-order valence-electron chi connectivity index (χ0n) is 12.3. The van der Waals surface area contributed by atoms with Gasteiger partial charge in [0.2, 0.25) is 0 Å². The van der Waals surface area contributed by atoms with Gasteiger partial charge in [0.25, 0.3) is 0 Å². The first-order valence-electron chi connectivity index (χ1n) is 6.49. The highest BCUT2D eigenvalue weighted by Crippen LogP contribution is 2.15. The molecular weight excluding hydrogens is 256 g/mol. The average Bonchev–Trinajstić information content (AvgIpc) is 2.27. The molecule has 0 aliphatic heterocycles. The standard InChI is InChI=1S/C15H24N2OS/c1-15(2,3)11-17(4)8-9-18-13-7-5-6-12(10-13)14(16)19/h5-7,10H,8-9,11H2,1-4H3,(H2,16,19). The Morgan fingerprint density at radius 2 is 2.05 bits per heavy atom. The first kappa shape index (κ1) is 15.9. The van der Waals surface area contributed by atoms with Crippen molar-refractivity contribution in [3.05, 3.63) is 29.8 Å². The summed E-state index contributed by atoms with van der Waals surface area (Å²) in [5, 5.41) is 0. The molecule has 19 heavy (non-hydrogen) atoms. The Morgan fingerprint density at radius 1 is 1.37 bits per heavy atom. The molecule has 0 saturated heterocycles. The number of nitrogens with two attached hydrogens (primary N) is 1. The summed E-state index contributed by atoms with van der Waals surface area (Å²) in [5.74, 6) is 0.814. The highest BCUT2D eigenvalue weighted by atomic mass is 32.1. The molecule has 0 radical (unpaired) electrons. The maximum Gasteiger partial charge on any atom is 0.120 e. The lowest BCUT2D eigenvalue weighted by Gasteiger charge is -2.26. The van der Waals surface area contributed by atoms with Crippen molar-refractivity contribution in [2.75, 3.05) is 26.7 Å². The summed E-state index contributed by atoms with van der Waals surface area (Å²) in [6, 6.07) is 7.60. The second-order valence-electron chi connectivity index (χ2n) is 6.04. The van der Waals surface area contributed by atoms with Gasteiger partial charge in [0, 0.05) is 18.7 Å². The molecule has 1 aromatic rings. The zero-order chi connectivity index (χ0) is 14.5. The number of thiocarbonyl (C=S) groups is 1. The average molecular weight is 280 g/mol. The molecule has 106 valence electrons. The first-order valence-corrected chi connectivity index (χ1v) is 6.90. The molecule has 0 heterocycles. The molecule has 0 unspecified atom stereocenters. The zero-order valence-corrected chi connectivity index (χ0v) is 13.1. The number of hydrogen-bond donors (Lipinski definition) is 1. The molecule has 0 bridgehead atoms. The van der Waals surface area contributed by atoms with Gasteiger partial charge in [-0.1, -0.05) is 45.1 Å². The lowest BCUT2D eigenvalue weighted by Crippen LogP contribution is -2.32. The third kappa shape index (κ3) is 6.55. The fraction of sp³-hybridized carbons (Fsp3) is 0.533. The molecule has 0 atom stereocenters. The number of ether oxygens (including phenoxy) is 1. The Kier molecular flexibility index (Phi) is 5.76. The second kappa shape index (κ2) is 6.87. The lowest BCUT2D eigenvalue weighted by molar-refractivity contribution is 0.188. The molecule has 0 aliphatic carbocycles. The molecule has 0 aromatic heterocycles. The number of benzene rings is 1. The molecule has 0 amide bonds. The normalized spacial score (nSPS) is 11.6. The van der Waals surface area contributed by atoms with Crippen LogP contribution in [0.2, 0.25) is 0 Å². The van der Waals surface area contributed by atoms with E-state index in [1.54, 1.807) is 0 Å². The summed E-state index contributed by atoms with van der Waals surface area (Å²) < 4.78 is 5.73. The van der Waals surface area contributed by atoms with Crippen molar-refractivity contribution >= 4 is 17.2 Å². The second-order valence-corrected chi connectivity index (χ2v) is 6.48. The van der Waals surface area contributed by atoms with Crippen molar-refractivity contribution in [3.63, 3.8) is 0 Å². The number of likely N-dealkylation sites (N-methyl/N-ethyl adjacent to an activating group) is 1. The van der Waals surface area contributed by atoms with Crippen molar-refractivity contribution < 1.29 is 4.74 Å². The third-order valence-corrected chi connectivity index (χ3v) is 2.84. The maximum atomic E-state index is 5.73. The third-order valence-electron chi connectivity index (χ3n) is 2.60. The van der Waals surface area contributed by atoms with Gasteiger partial charge >= 0.3 is 0 Å². The fourth-order valence-corrected chi connectivity index (χ4v) is 2.07. The summed E-state index contributed by atoms with van der Waals surface area (Å²) >= 11 is 4.95. The van der Waals surface area contributed by atoms with Crippen LogP contribution in [-0.2, 0) is 0 Å². The van der Waals surface area contributed by atoms with Gasteiger partial charge in [-0.05, 0) is 24.6 Å². The maximum absolute atomic E-state index is 5.73. The van der Waals surface area contributed by atoms with E-state index in [-0.39, 0.29) is 0 Å². The van der Waals surface area contributed by atoms with E-state index in [4.69, 9.17) is 22.7 Å². The molecule has 2 N–H and O–H groups in total. The van der Waals surface area contributed by atoms with E-state index in [1.165, 1.54) is 0 Å². The summed E-state index contributed by atoms with van der Waals surface area (Å²) in [7, 11) is 2.11. The van der Waals surface area contributed by atoms with E-state index in [0.29, 0.717) is 17.0 Å². The van der Waals surface area contributed by atoms with Gasteiger partial charge in [-0.3, -0.25) is 0 Å². The van der Waals surface area contributed by atoms with Crippen LogP contribution in [0.4, 0.5) is 0 Å². The summed E-state index contributed by atoms with van der Waals surface area (Å²) in [4.78, 5) is 2.67. The van der Waals surface area contributed by atoms with Gasteiger partial charge in [-0.2, -0.15) is 0 Å². The first-order chi connectivity index (χ1) is 8.78. The van der Waals surface area contributed by atoms with E-state index >= 15 is 0 Å². The summed E-state index contributed by atoms with van der Waals surface area (Å²) in [5.41, 5.74) is 6.75. The van der Waals surface area contributed by atoms with Crippen molar-refractivity contribution in [3.8, 4) is 5.75 Å². The minimum atomic E-state index is 0.306. The predicted octanol–water partition coefficient (Wildman–Crippen LogP) is 2.68. The van der Waals surface area contributed by atoms with Crippen LogP contribution in [0.25, 0.3) is 0 Å². The highest BCUT2D eigenvalue weighted by Gasteiger charge is 2.13. The molecule has 4 heteroatoms. The van der Waals surface area contributed by atoms with Gasteiger partial charge in [0.15, 0.2) is 0 Å². The van der Waals surface area contributed by atoms with Crippen LogP contribution in [0.15, 0.2) is 24.3 Å². The van der Waals surface area contributed by atoms with Crippen LogP contribution >= 0.6 is 12.2 Å². The molecule has 1 aromatic carbocycles. The summed E-state index contributed by atoms with van der Waals surface area (Å²) in [6.07, 6.45) is 0. The number of rotatable bonds is 6. The van der Waals surface area contributed by atoms with Gasteiger partial charge in [0.05, 0.1) is 0 Å².